The van der Waals surface area contributed by atoms with Gasteiger partial charge >= 0.3 is 18.0 Å². The number of hydrogen-bond acceptors (Lipinski definition) is 14. The molecule has 18 nitrogen and oxygen atoms in total. The van der Waals surface area contributed by atoms with Crippen LogP contribution in [0.25, 0.3) is 0 Å². The Hall–Kier alpha value is -4.77. The largest absolute Gasteiger partial charge is 0.462 e. The number of nitrogens with one attached hydrogen (secondary N) is 1. The Labute approximate surface area is 201 Å². The normalized spacial score (nSPS) is 12.3. The Morgan fingerprint density at radius 3 is 2.08 bits per heavy atom. The molecular formula is C18H22N4O14. The molecule has 1 N–H and O–H groups in total. The summed E-state index contributed by atoms with van der Waals surface area (Å²) < 4.78 is 14.8. The lowest BCUT2D eigenvalue weighted by Crippen LogP contribution is -2.46. The first-order valence-corrected chi connectivity index (χ1v) is 9.86. The van der Waals surface area contributed by atoms with Crippen LogP contribution in [0.3, 0.4) is 0 Å². The summed E-state index contributed by atoms with van der Waals surface area (Å²) in [6, 6.07) is 2.66. The Morgan fingerprint density at radius 1 is 0.972 bits per heavy atom. The highest BCUT2D eigenvalue weighted by Crippen LogP contribution is 2.18. The summed E-state index contributed by atoms with van der Waals surface area (Å²) in [5, 5.41) is 31.1. The second kappa shape index (κ2) is 13.2. The van der Waals surface area contributed by atoms with Gasteiger partial charge in [-0.1, -0.05) is 0 Å². The minimum Gasteiger partial charge on any atom is -0.462 e. The number of ether oxygens (including phenoxy) is 3. The van der Waals surface area contributed by atoms with E-state index in [4.69, 9.17) is 14.2 Å². The number of nitro groups is 1. The zero-order valence-electron chi connectivity index (χ0n) is 19.1. The van der Waals surface area contributed by atoms with Crippen molar-refractivity contribution in [1.29, 1.82) is 0 Å². The summed E-state index contributed by atoms with van der Waals surface area (Å²) in [6.07, 6.45) is -3.65. The van der Waals surface area contributed by atoms with Gasteiger partial charge in [0.1, 0.15) is 30.6 Å². The molecule has 0 fully saturated rings. The van der Waals surface area contributed by atoms with Gasteiger partial charge < -0.3 is 29.2 Å². The number of rotatable bonds is 13. The van der Waals surface area contributed by atoms with Gasteiger partial charge in [0.05, 0.1) is 11.3 Å². The number of carbonyl (C=O) groups excluding carboxylic acids is 3. The van der Waals surface area contributed by atoms with Crippen molar-refractivity contribution in [3.8, 4) is 5.75 Å². The SMILES string of the molecule is CC(C)(C)OC(=O)NC(CC(=O)Oc1ccc([N+](=O)[O-])cc1)C(=O)OCC(CO[N+](=O)[O-])O[N+](=O)[O-]. The van der Waals surface area contributed by atoms with Crippen molar-refractivity contribution in [2.45, 2.75) is 44.9 Å². The van der Waals surface area contributed by atoms with E-state index in [9.17, 15) is 44.7 Å². The molecule has 2 unspecified atom stereocenters. The maximum atomic E-state index is 12.5. The summed E-state index contributed by atoms with van der Waals surface area (Å²) in [5.74, 6) is -2.47. The zero-order chi connectivity index (χ0) is 27.5. The van der Waals surface area contributed by atoms with Crippen molar-refractivity contribution in [3.63, 3.8) is 0 Å². The average Bonchev–Trinajstić information content (AvgIpc) is 2.73. The van der Waals surface area contributed by atoms with Crippen LogP contribution in [-0.4, -0.2) is 64.1 Å². The van der Waals surface area contributed by atoms with Crippen LogP contribution < -0.4 is 10.1 Å². The fourth-order valence-corrected chi connectivity index (χ4v) is 2.27. The minimum absolute atomic E-state index is 0.105. The van der Waals surface area contributed by atoms with E-state index >= 15 is 0 Å². The molecule has 0 aliphatic rings. The number of esters is 2. The highest BCUT2D eigenvalue weighted by atomic mass is 17.0. The first-order valence-electron chi connectivity index (χ1n) is 9.86. The van der Waals surface area contributed by atoms with Crippen LogP contribution >= 0.6 is 0 Å². The highest BCUT2D eigenvalue weighted by molar-refractivity contribution is 5.87. The predicted molar refractivity (Wildman–Crippen MR) is 112 cm³/mol. The van der Waals surface area contributed by atoms with Crippen LogP contribution in [0.5, 0.6) is 5.75 Å². The number of non-ortho nitro benzene ring substituents is 1. The van der Waals surface area contributed by atoms with Crippen molar-refractivity contribution in [2.24, 2.45) is 0 Å². The van der Waals surface area contributed by atoms with Crippen LogP contribution in [-0.2, 0) is 28.7 Å². The van der Waals surface area contributed by atoms with E-state index < -0.39 is 70.5 Å². The Balaban J connectivity index is 2.91. The number of carbonyl (C=O) groups is 3. The lowest BCUT2D eigenvalue weighted by Gasteiger charge is -2.23. The van der Waals surface area contributed by atoms with Crippen molar-refractivity contribution in [1.82, 2.24) is 5.32 Å². The highest BCUT2D eigenvalue weighted by Gasteiger charge is 2.30. The Kier molecular flexibility index (Phi) is 10.7. The van der Waals surface area contributed by atoms with Gasteiger partial charge in [-0.05, 0) is 32.9 Å². The molecule has 0 spiro atoms. The fourth-order valence-electron chi connectivity index (χ4n) is 2.27. The second-order valence-corrected chi connectivity index (χ2v) is 7.73. The second-order valence-electron chi connectivity index (χ2n) is 7.73. The molecule has 0 saturated heterocycles. The monoisotopic (exact) mass is 518 g/mol. The molecule has 1 rings (SSSR count). The van der Waals surface area contributed by atoms with Gasteiger partial charge in [0.15, 0.2) is 6.10 Å². The van der Waals surface area contributed by atoms with Crippen molar-refractivity contribution >= 4 is 23.7 Å². The van der Waals surface area contributed by atoms with E-state index in [1.807, 2.05) is 0 Å². The molecular weight excluding hydrogens is 496 g/mol. The van der Waals surface area contributed by atoms with E-state index in [1.54, 1.807) is 0 Å². The lowest BCUT2D eigenvalue weighted by molar-refractivity contribution is -0.790. The summed E-state index contributed by atoms with van der Waals surface area (Å²) in [6.45, 7) is 2.69. The van der Waals surface area contributed by atoms with Crippen LogP contribution in [0.2, 0.25) is 0 Å². The van der Waals surface area contributed by atoms with Gasteiger partial charge in [-0.2, -0.15) is 0 Å². The minimum atomic E-state index is -1.72. The molecule has 1 aromatic rings. The number of alkyl carbamates (subject to hydrolysis) is 1. The van der Waals surface area contributed by atoms with Gasteiger partial charge in [-0.3, -0.25) is 14.9 Å². The lowest BCUT2D eigenvalue weighted by atomic mass is 10.2. The number of nitrogens with zero attached hydrogens (tertiary/aromatic N) is 3. The number of hydrogen-bond donors (Lipinski definition) is 1. The first kappa shape index (κ1) is 29.3. The van der Waals surface area contributed by atoms with Crippen LogP contribution in [0.1, 0.15) is 27.2 Å². The standard InChI is InChI=1S/C18H22N4O14/c1-18(2,3)35-17(25)19-14(8-15(23)34-12-6-4-11(5-7-12)20(26)27)16(24)32-9-13(36-22(30)31)10-33-21(28)29/h4-7,13-14H,8-10H2,1-3H3,(H,19,25). The Bertz CT molecular complexity index is 975. The quantitative estimate of drug-likeness (QED) is 0.166. The maximum absolute atomic E-state index is 12.5. The summed E-state index contributed by atoms with van der Waals surface area (Å²) in [5.41, 5.74) is -1.25. The smallest absolute Gasteiger partial charge is 0.408 e. The van der Waals surface area contributed by atoms with E-state index in [2.05, 4.69) is 15.0 Å². The molecule has 1 aromatic carbocycles. The molecule has 0 aliphatic heterocycles. The number of benzene rings is 1. The van der Waals surface area contributed by atoms with Crippen LogP contribution in [0, 0.1) is 30.3 Å². The Morgan fingerprint density at radius 2 is 1.58 bits per heavy atom. The van der Waals surface area contributed by atoms with E-state index in [0.29, 0.717) is 0 Å². The van der Waals surface area contributed by atoms with Gasteiger partial charge in [0.25, 0.3) is 15.9 Å². The molecule has 36 heavy (non-hydrogen) atoms. The molecule has 18 heteroatoms. The zero-order valence-corrected chi connectivity index (χ0v) is 19.1. The van der Waals surface area contributed by atoms with Gasteiger partial charge in [0.2, 0.25) is 0 Å². The molecule has 1 amide bonds. The van der Waals surface area contributed by atoms with Crippen molar-refractivity contribution < 1.29 is 53.4 Å². The van der Waals surface area contributed by atoms with Gasteiger partial charge in [-0.15, -0.1) is 20.2 Å². The van der Waals surface area contributed by atoms with Crippen molar-refractivity contribution in [2.75, 3.05) is 13.2 Å². The van der Waals surface area contributed by atoms with Gasteiger partial charge in [-0.25, -0.2) is 9.59 Å². The third kappa shape index (κ3) is 11.9. The van der Waals surface area contributed by atoms with E-state index in [1.165, 1.54) is 20.8 Å². The molecule has 0 aliphatic carbocycles. The third-order valence-electron chi connectivity index (χ3n) is 3.64. The topological polar surface area (TPSA) is 239 Å². The molecule has 0 saturated carbocycles. The number of nitro benzene ring substituents is 1. The van der Waals surface area contributed by atoms with Crippen LogP contribution in [0.15, 0.2) is 24.3 Å². The molecule has 0 bridgehead atoms. The van der Waals surface area contributed by atoms with Crippen molar-refractivity contribution in [3.05, 3.63) is 54.6 Å². The molecule has 0 aromatic heterocycles. The fraction of sp³-hybridized carbons (Fsp3) is 0.500. The maximum Gasteiger partial charge on any atom is 0.408 e. The van der Waals surface area contributed by atoms with E-state index in [0.717, 1.165) is 24.3 Å². The molecule has 2 atom stereocenters. The molecule has 0 radical (unpaired) electrons. The number of amides is 1. The summed E-state index contributed by atoms with van der Waals surface area (Å²) >= 11 is 0. The third-order valence-corrected chi connectivity index (χ3v) is 3.64. The van der Waals surface area contributed by atoms with E-state index in [-0.39, 0.29) is 11.4 Å². The predicted octanol–water partition coefficient (Wildman–Crippen LogP) is 1.11. The average molecular weight is 518 g/mol. The summed E-state index contributed by atoms with van der Waals surface area (Å²) in [7, 11) is 0. The summed E-state index contributed by atoms with van der Waals surface area (Å²) in [4.78, 5) is 75.9. The molecule has 0 heterocycles. The first-order chi connectivity index (χ1) is 16.7. The van der Waals surface area contributed by atoms with Crippen LogP contribution in [0.4, 0.5) is 10.5 Å². The molecule has 198 valence electrons. The van der Waals surface area contributed by atoms with Gasteiger partial charge in [0, 0.05) is 12.1 Å².